The maximum Gasteiger partial charge on any atom is 0.337 e. The minimum absolute atomic E-state index is 0.0386. The van der Waals surface area contributed by atoms with Crippen molar-refractivity contribution in [2.24, 2.45) is 0 Å². The van der Waals surface area contributed by atoms with Crippen LogP contribution in [0.3, 0.4) is 0 Å². The van der Waals surface area contributed by atoms with Gasteiger partial charge in [-0.25, -0.2) is 13.2 Å². The molecule has 2 aromatic carbocycles. The standard InChI is InChI=1S/C25H28N2O6S/c1-32-21-11-8-18-14-19(24(28)26-23(18)15-21)16-27(20-6-4-3-5-7-20)34(30,31)22-12-9-17(10-13-22)25(29)33-2/h8-15,20H,3-7,16H2,1-2H3,(H,26,28). The molecule has 0 bridgehead atoms. The van der Waals surface area contributed by atoms with Crippen LogP contribution >= 0.6 is 0 Å². The van der Waals surface area contributed by atoms with Gasteiger partial charge < -0.3 is 14.5 Å². The molecule has 1 fully saturated rings. The highest BCUT2D eigenvalue weighted by atomic mass is 32.2. The van der Waals surface area contributed by atoms with Gasteiger partial charge >= 0.3 is 5.97 Å². The van der Waals surface area contributed by atoms with E-state index in [9.17, 15) is 18.0 Å². The minimum Gasteiger partial charge on any atom is -0.497 e. The van der Waals surface area contributed by atoms with E-state index in [-0.39, 0.29) is 28.6 Å². The molecule has 9 heteroatoms. The number of ether oxygens (including phenoxy) is 2. The van der Waals surface area contributed by atoms with Crippen molar-refractivity contribution in [1.82, 2.24) is 9.29 Å². The fraction of sp³-hybridized carbons (Fsp3) is 0.360. The molecular formula is C25H28N2O6S. The van der Waals surface area contributed by atoms with E-state index in [1.54, 1.807) is 25.3 Å². The normalized spacial score (nSPS) is 14.9. The third kappa shape index (κ3) is 4.85. The number of hydrogen-bond acceptors (Lipinski definition) is 6. The maximum absolute atomic E-state index is 13.7. The lowest BCUT2D eigenvalue weighted by atomic mass is 9.95. The molecule has 8 nitrogen and oxygen atoms in total. The van der Waals surface area contributed by atoms with E-state index >= 15 is 0 Å². The lowest BCUT2D eigenvalue weighted by Crippen LogP contribution is -2.42. The molecule has 1 saturated carbocycles. The molecule has 0 unspecified atom stereocenters. The summed E-state index contributed by atoms with van der Waals surface area (Å²) in [7, 11) is -1.09. The molecule has 1 aromatic heterocycles. The number of aromatic amines is 1. The average molecular weight is 485 g/mol. The molecule has 3 aromatic rings. The minimum atomic E-state index is -3.92. The second-order valence-electron chi connectivity index (χ2n) is 8.43. The number of esters is 1. The number of carbonyl (C=O) groups excluding carboxylic acids is 1. The predicted octanol–water partition coefficient (Wildman–Crippen LogP) is 3.85. The van der Waals surface area contributed by atoms with Gasteiger partial charge in [0.2, 0.25) is 10.0 Å². The van der Waals surface area contributed by atoms with Crippen molar-refractivity contribution in [3.05, 3.63) is 70.0 Å². The number of methoxy groups -OCH3 is 2. The first-order valence-corrected chi connectivity index (χ1v) is 12.7. The Balaban J connectivity index is 1.72. The van der Waals surface area contributed by atoms with Crippen molar-refractivity contribution in [3.63, 3.8) is 0 Å². The van der Waals surface area contributed by atoms with Crippen molar-refractivity contribution in [2.45, 2.75) is 49.6 Å². The van der Waals surface area contributed by atoms with Crippen LogP contribution in [0.2, 0.25) is 0 Å². The zero-order valence-electron chi connectivity index (χ0n) is 19.2. The number of H-pyrrole nitrogens is 1. The molecule has 0 amide bonds. The zero-order valence-corrected chi connectivity index (χ0v) is 20.1. The summed E-state index contributed by atoms with van der Waals surface area (Å²) in [6.45, 7) is -0.0386. The van der Waals surface area contributed by atoms with Gasteiger partial charge in [0.1, 0.15) is 5.75 Å². The molecule has 0 atom stereocenters. The van der Waals surface area contributed by atoms with Gasteiger partial charge in [-0.05, 0) is 60.7 Å². The highest BCUT2D eigenvalue weighted by Crippen LogP contribution is 2.30. The van der Waals surface area contributed by atoms with Crippen LogP contribution in [-0.4, -0.2) is 43.9 Å². The fourth-order valence-corrected chi connectivity index (χ4v) is 6.10. The lowest BCUT2D eigenvalue weighted by molar-refractivity contribution is 0.0600. The molecule has 0 saturated heterocycles. The van der Waals surface area contributed by atoms with E-state index in [4.69, 9.17) is 9.47 Å². The topological polar surface area (TPSA) is 106 Å². The highest BCUT2D eigenvalue weighted by Gasteiger charge is 2.33. The molecule has 1 heterocycles. The number of carbonyl (C=O) groups is 1. The number of rotatable bonds is 7. The van der Waals surface area contributed by atoms with Crippen LogP contribution in [-0.2, 0) is 21.3 Å². The third-order valence-corrected chi connectivity index (χ3v) is 8.23. The SMILES string of the molecule is COC(=O)c1ccc(S(=O)(=O)N(Cc2cc3ccc(OC)cc3[nH]c2=O)C2CCCCC2)cc1. The van der Waals surface area contributed by atoms with Gasteiger partial charge in [-0.1, -0.05) is 19.3 Å². The number of pyridine rings is 1. The van der Waals surface area contributed by atoms with Crippen LogP contribution in [0.4, 0.5) is 0 Å². The number of sulfonamides is 1. The maximum atomic E-state index is 13.7. The fourth-order valence-electron chi connectivity index (χ4n) is 4.43. The zero-order chi connectivity index (χ0) is 24.3. The van der Waals surface area contributed by atoms with Gasteiger partial charge in [-0.15, -0.1) is 0 Å². The Labute approximate surface area is 198 Å². The van der Waals surface area contributed by atoms with Crippen LogP contribution in [0.25, 0.3) is 10.9 Å². The van der Waals surface area contributed by atoms with Crippen molar-refractivity contribution < 1.29 is 22.7 Å². The lowest BCUT2D eigenvalue weighted by Gasteiger charge is -2.33. The van der Waals surface area contributed by atoms with Crippen LogP contribution in [0.5, 0.6) is 5.75 Å². The van der Waals surface area contributed by atoms with E-state index in [1.807, 2.05) is 6.07 Å². The van der Waals surface area contributed by atoms with Crippen LogP contribution in [0.15, 0.2) is 58.2 Å². The first-order chi connectivity index (χ1) is 16.3. The van der Waals surface area contributed by atoms with Gasteiger partial charge in [0.25, 0.3) is 5.56 Å². The van der Waals surface area contributed by atoms with Gasteiger partial charge in [0.15, 0.2) is 0 Å². The van der Waals surface area contributed by atoms with Gasteiger partial charge in [0, 0.05) is 24.2 Å². The Hall–Kier alpha value is -3.17. The molecule has 180 valence electrons. The number of nitrogens with one attached hydrogen (secondary N) is 1. The Morgan fingerprint density at radius 2 is 1.74 bits per heavy atom. The summed E-state index contributed by atoms with van der Waals surface area (Å²) in [5.74, 6) is 0.0881. The predicted molar refractivity (Wildman–Crippen MR) is 129 cm³/mol. The molecule has 0 spiro atoms. The van der Waals surface area contributed by atoms with Crippen molar-refractivity contribution in [2.75, 3.05) is 14.2 Å². The first kappa shape index (κ1) is 24.0. The summed E-state index contributed by atoms with van der Waals surface area (Å²) in [5, 5.41) is 0.791. The van der Waals surface area contributed by atoms with Crippen molar-refractivity contribution in [3.8, 4) is 5.75 Å². The Morgan fingerprint density at radius 1 is 1.03 bits per heavy atom. The third-order valence-electron chi connectivity index (χ3n) is 6.32. The molecule has 1 aliphatic rings. The second kappa shape index (κ2) is 9.99. The summed E-state index contributed by atoms with van der Waals surface area (Å²) < 4.78 is 38.8. The van der Waals surface area contributed by atoms with E-state index in [0.29, 0.717) is 16.8 Å². The second-order valence-corrected chi connectivity index (χ2v) is 10.3. The molecule has 1 N–H and O–H groups in total. The number of aromatic nitrogens is 1. The quantitative estimate of drug-likeness (QED) is 0.511. The summed E-state index contributed by atoms with van der Waals surface area (Å²) in [6, 6.07) is 12.6. The van der Waals surface area contributed by atoms with Gasteiger partial charge in [0.05, 0.1) is 30.2 Å². The summed E-state index contributed by atoms with van der Waals surface area (Å²) in [4.78, 5) is 27.6. The van der Waals surface area contributed by atoms with Gasteiger partial charge in [-0.3, -0.25) is 4.79 Å². The number of nitrogens with zero attached hydrogens (tertiary/aromatic N) is 1. The smallest absolute Gasteiger partial charge is 0.337 e. The largest absolute Gasteiger partial charge is 0.497 e. The molecular weight excluding hydrogens is 456 g/mol. The van der Waals surface area contributed by atoms with E-state index in [0.717, 1.165) is 37.5 Å². The van der Waals surface area contributed by atoms with Gasteiger partial charge in [-0.2, -0.15) is 4.31 Å². The Bertz CT molecular complexity index is 1340. The summed E-state index contributed by atoms with van der Waals surface area (Å²) in [6.07, 6.45) is 4.42. The highest BCUT2D eigenvalue weighted by molar-refractivity contribution is 7.89. The molecule has 1 aliphatic carbocycles. The molecule has 4 rings (SSSR count). The van der Waals surface area contributed by atoms with Crippen LogP contribution < -0.4 is 10.3 Å². The van der Waals surface area contributed by atoms with Crippen molar-refractivity contribution >= 4 is 26.9 Å². The van der Waals surface area contributed by atoms with Crippen LogP contribution in [0, 0.1) is 0 Å². The monoisotopic (exact) mass is 484 g/mol. The number of hydrogen-bond donors (Lipinski definition) is 1. The molecule has 34 heavy (non-hydrogen) atoms. The van der Waals surface area contributed by atoms with Crippen molar-refractivity contribution in [1.29, 1.82) is 0 Å². The van der Waals surface area contributed by atoms with E-state index in [2.05, 4.69) is 4.98 Å². The van der Waals surface area contributed by atoms with E-state index in [1.165, 1.54) is 35.7 Å². The number of benzene rings is 2. The average Bonchev–Trinajstić information content (AvgIpc) is 2.87. The number of fused-ring (bicyclic) bond motifs is 1. The van der Waals surface area contributed by atoms with E-state index < -0.39 is 16.0 Å². The van der Waals surface area contributed by atoms with Crippen LogP contribution in [0.1, 0.15) is 48.0 Å². The Kier molecular flexibility index (Phi) is 7.04. The summed E-state index contributed by atoms with van der Waals surface area (Å²) >= 11 is 0. The molecule has 0 aliphatic heterocycles. The summed E-state index contributed by atoms with van der Waals surface area (Å²) in [5.41, 5.74) is 0.932. The first-order valence-electron chi connectivity index (χ1n) is 11.2. The Morgan fingerprint density at radius 3 is 2.38 bits per heavy atom. The molecule has 0 radical (unpaired) electrons.